The van der Waals surface area contributed by atoms with Crippen molar-refractivity contribution in [3.8, 4) is 0 Å². The molecule has 3 heteroatoms. The average molecular weight is 383 g/mol. The SMILES string of the molecule is CNC(c1cc(C)cc(C)c1)c1cc(Br)ccc1Br. The normalized spacial score (nSPS) is 12.5. The number of rotatable bonds is 3. The van der Waals surface area contributed by atoms with Crippen LogP contribution in [0.3, 0.4) is 0 Å². The molecule has 2 rings (SSSR count). The monoisotopic (exact) mass is 381 g/mol. The van der Waals surface area contributed by atoms with Gasteiger partial charge in [0.05, 0.1) is 6.04 Å². The van der Waals surface area contributed by atoms with Crippen LogP contribution in [-0.2, 0) is 0 Å². The molecule has 0 fully saturated rings. The van der Waals surface area contributed by atoms with Crippen molar-refractivity contribution >= 4 is 31.9 Å². The Morgan fingerprint density at radius 2 is 1.58 bits per heavy atom. The lowest BCUT2D eigenvalue weighted by atomic mass is 9.96. The highest BCUT2D eigenvalue weighted by Crippen LogP contribution is 2.31. The van der Waals surface area contributed by atoms with Crippen LogP contribution in [0.2, 0.25) is 0 Å². The van der Waals surface area contributed by atoms with Crippen molar-refractivity contribution < 1.29 is 0 Å². The highest BCUT2D eigenvalue weighted by atomic mass is 79.9. The van der Waals surface area contributed by atoms with E-state index in [0.717, 1.165) is 8.95 Å². The molecule has 2 aromatic carbocycles. The minimum atomic E-state index is 0.186. The highest BCUT2D eigenvalue weighted by Gasteiger charge is 2.15. The number of hydrogen-bond acceptors (Lipinski definition) is 1. The first-order chi connectivity index (χ1) is 9.01. The molecule has 0 aromatic heterocycles. The van der Waals surface area contributed by atoms with Gasteiger partial charge < -0.3 is 5.32 Å². The standard InChI is InChI=1S/C16H17Br2N/c1-10-6-11(2)8-12(7-10)16(19-3)14-9-13(17)4-5-15(14)18/h4-9,16,19H,1-3H3. The van der Waals surface area contributed by atoms with Gasteiger partial charge in [0.1, 0.15) is 0 Å². The summed E-state index contributed by atoms with van der Waals surface area (Å²) < 4.78 is 2.21. The van der Waals surface area contributed by atoms with Gasteiger partial charge in [-0.15, -0.1) is 0 Å². The van der Waals surface area contributed by atoms with Gasteiger partial charge in [0.2, 0.25) is 0 Å². The van der Waals surface area contributed by atoms with E-state index >= 15 is 0 Å². The molecule has 1 N–H and O–H groups in total. The maximum Gasteiger partial charge on any atom is 0.0586 e. The number of benzene rings is 2. The van der Waals surface area contributed by atoms with E-state index in [0.29, 0.717) is 0 Å². The van der Waals surface area contributed by atoms with E-state index < -0.39 is 0 Å². The van der Waals surface area contributed by atoms with Gasteiger partial charge in [-0.05, 0) is 50.2 Å². The Hall–Kier alpha value is -0.640. The molecule has 0 saturated heterocycles. The molecular formula is C16H17Br2N. The van der Waals surface area contributed by atoms with Crippen molar-refractivity contribution in [1.82, 2.24) is 5.32 Å². The molecule has 0 aliphatic heterocycles. The molecule has 1 unspecified atom stereocenters. The summed E-state index contributed by atoms with van der Waals surface area (Å²) in [5, 5.41) is 3.41. The van der Waals surface area contributed by atoms with Gasteiger partial charge in [0.25, 0.3) is 0 Å². The summed E-state index contributed by atoms with van der Waals surface area (Å²) in [5.41, 5.74) is 5.11. The lowest BCUT2D eigenvalue weighted by Gasteiger charge is -2.20. The van der Waals surface area contributed by atoms with Gasteiger partial charge in [-0.2, -0.15) is 0 Å². The molecule has 0 aliphatic carbocycles. The second-order valence-corrected chi connectivity index (χ2v) is 6.58. The summed E-state index contributed by atoms with van der Waals surface area (Å²) in [6.07, 6.45) is 0. The molecule has 2 aromatic rings. The number of hydrogen-bond donors (Lipinski definition) is 1. The maximum atomic E-state index is 3.65. The Bertz CT molecular complexity index is 573. The van der Waals surface area contributed by atoms with Crippen molar-refractivity contribution in [2.24, 2.45) is 0 Å². The molecule has 0 aliphatic rings. The molecule has 0 heterocycles. The van der Waals surface area contributed by atoms with Gasteiger partial charge in [-0.1, -0.05) is 61.2 Å². The lowest BCUT2D eigenvalue weighted by molar-refractivity contribution is 0.687. The Morgan fingerprint density at radius 1 is 0.947 bits per heavy atom. The van der Waals surface area contributed by atoms with Gasteiger partial charge in [-0.3, -0.25) is 0 Å². The molecule has 1 atom stereocenters. The predicted octanol–water partition coefficient (Wildman–Crippen LogP) is 5.14. The van der Waals surface area contributed by atoms with Gasteiger partial charge in [0.15, 0.2) is 0 Å². The number of nitrogens with one attached hydrogen (secondary N) is 1. The summed E-state index contributed by atoms with van der Waals surface area (Å²) >= 11 is 7.19. The third-order valence-corrected chi connectivity index (χ3v) is 4.35. The molecule has 0 saturated carbocycles. The van der Waals surface area contributed by atoms with E-state index in [9.17, 15) is 0 Å². The number of halogens is 2. The van der Waals surface area contributed by atoms with Crippen LogP contribution in [0.1, 0.15) is 28.3 Å². The van der Waals surface area contributed by atoms with Crippen LogP contribution in [0.25, 0.3) is 0 Å². The van der Waals surface area contributed by atoms with Crippen LogP contribution in [-0.4, -0.2) is 7.05 Å². The van der Waals surface area contributed by atoms with Gasteiger partial charge in [-0.25, -0.2) is 0 Å². The van der Waals surface area contributed by atoms with Crippen molar-refractivity contribution in [1.29, 1.82) is 0 Å². The van der Waals surface area contributed by atoms with Gasteiger partial charge in [0, 0.05) is 8.95 Å². The number of aryl methyl sites for hydroxylation is 2. The van der Waals surface area contributed by atoms with E-state index in [1.165, 1.54) is 22.3 Å². The Balaban J connectivity index is 2.52. The Labute approximate surface area is 131 Å². The largest absolute Gasteiger partial charge is 0.309 e. The maximum absolute atomic E-state index is 3.65. The first-order valence-electron chi connectivity index (χ1n) is 6.21. The first kappa shape index (κ1) is 14.8. The topological polar surface area (TPSA) is 12.0 Å². The summed E-state index contributed by atoms with van der Waals surface area (Å²) in [7, 11) is 2.00. The summed E-state index contributed by atoms with van der Waals surface area (Å²) in [4.78, 5) is 0. The van der Waals surface area contributed by atoms with Crippen LogP contribution in [0.5, 0.6) is 0 Å². The summed E-state index contributed by atoms with van der Waals surface area (Å²) in [6.45, 7) is 4.28. The molecule has 100 valence electrons. The van der Waals surface area contributed by atoms with E-state index in [4.69, 9.17) is 0 Å². The first-order valence-corrected chi connectivity index (χ1v) is 7.80. The fraction of sp³-hybridized carbons (Fsp3) is 0.250. The average Bonchev–Trinajstić information content (AvgIpc) is 2.33. The van der Waals surface area contributed by atoms with E-state index in [2.05, 4.69) is 81.4 Å². The molecule has 0 amide bonds. The van der Waals surface area contributed by atoms with Crippen molar-refractivity contribution in [2.45, 2.75) is 19.9 Å². The summed E-state index contributed by atoms with van der Waals surface area (Å²) in [6, 6.07) is 13.1. The highest BCUT2D eigenvalue weighted by molar-refractivity contribution is 9.11. The van der Waals surface area contributed by atoms with Gasteiger partial charge >= 0.3 is 0 Å². The lowest BCUT2D eigenvalue weighted by Crippen LogP contribution is -2.18. The minimum Gasteiger partial charge on any atom is -0.309 e. The zero-order valence-electron chi connectivity index (χ0n) is 11.3. The Morgan fingerprint density at radius 3 is 2.16 bits per heavy atom. The second kappa shape index (κ2) is 6.21. The van der Waals surface area contributed by atoms with Crippen LogP contribution < -0.4 is 5.32 Å². The fourth-order valence-electron chi connectivity index (χ4n) is 2.41. The molecule has 0 radical (unpaired) electrons. The summed E-state index contributed by atoms with van der Waals surface area (Å²) in [5.74, 6) is 0. The molecule has 0 bridgehead atoms. The van der Waals surface area contributed by atoms with Crippen LogP contribution in [0.15, 0.2) is 45.3 Å². The zero-order chi connectivity index (χ0) is 14.0. The molecule has 1 nitrogen and oxygen atoms in total. The molecule has 19 heavy (non-hydrogen) atoms. The zero-order valence-corrected chi connectivity index (χ0v) is 14.5. The van der Waals surface area contributed by atoms with E-state index in [-0.39, 0.29) is 6.04 Å². The van der Waals surface area contributed by atoms with Crippen molar-refractivity contribution in [3.63, 3.8) is 0 Å². The Kier molecular flexibility index (Phi) is 4.82. The third-order valence-electron chi connectivity index (χ3n) is 3.14. The van der Waals surface area contributed by atoms with Crippen LogP contribution >= 0.6 is 31.9 Å². The third kappa shape index (κ3) is 3.47. The van der Waals surface area contributed by atoms with Crippen molar-refractivity contribution in [3.05, 3.63) is 67.6 Å². The fourth-order valence-corrected chi connectivity index (χ4v) is 3.27. The smallest absolute Gasteiger partial charge is 0.0586 e. The molecule has 0 spiro atoms. The minimum absolute atomic E-state index is 0.186. The van der Waals surface area contributed by atoms with Crippen LogP contribution in [0, 0.1) is 13.8 Å². The second-order valence-electron chi connectivity index (χ2n) is 4.81. The van der Waals surface area contributed by atoms with Crippen LogP contribution in [0.4, 0.5) is 0 Å². The molecular weight excluding hydrogens is 366 g/mol. The predicted molar refractivity (Wildman–Crippen MR) is 88.7 cm³/mol. The quantitative estimate of drug-likeness (QED) is 0.775. The van der Waals surface area contributed by atoms with E-state index in [1.807, 2.05) is 13.1 Å². The van der Waals surface area contributed by atoms with E-state index in [1.54, 1.807) is 0 Å². The van der Waals surface area contributed by atoms with Crippen molar-refractivity contribution in [2.75, 3.05) is 7.05 Å².